The molecule has 1 unspecified atom stereocenters. The largest absolute Gasteiger partial charge is 0.346 e. The van der Waals surface area contributed by atoms with E-state index in [-0.39, 0.29) is 30.3 Å². The molecule has 1 N–H and O–H groups in total. The van der Waals surface area contributed by atoms with Gasteiger partial charge < -0.3 is 10.2 Å². The van der Waals surface area contributed by atoms with Gasteiger partial charge in [-0.15, -0.1) is 0 Å². The first-order valence-electron chi connectivity index (χ1n) is 10.7. The van der Waals surface area contributed by atoms with Gasteiger partial charge >= 0.3 is 0 Å². The summed E-state index contributed by atoms with van der Waals surface area (Å²) in [6.07, 6.45) is 4.16. The lowest BCUT2D eigenvalue weighted by atomic mass is 9.97. The van der Waals surface area contributed by atoms with Crippen molar-refractivity contribution in [3.8, 4) is 0 Å². The number of hydrogen-bond donors (Lipinski definition) is 1. The third kappa shape index (κ3) is 5.96. The van der Waals surface area contributed by atoms with Crippen molar-refractivity contribution in [2.75, 3.05) is 17.2 Å². The molecule has 6 nitrogen and oxygen atoms in total. The Morgan fingerprint density at radius 1 is 1.06 bits per heavy atom. The molecule has 1 aliphatic carbocycles. The number of amides is 2. The molecule has 0 saturated heterocycles. The van der Waals surface area contributed by atoms with Crippen molar-refractivity contribution in [1.82, 2.24) is 5.32 Å². The number of para-hydroxylation sites is 1. The van der Waals surface area contributed by atoms with Crippen molar-refractivity contribution in [2.24, 2.45) is 0 Å². The first kappa shape index (κ1) is 24.4. The van der Waals surface area contributed by atoms with Crippen molar-refractivity contribution in [3.63, 3.8) is 0 Å². The van der Waals surface area contributed by atoms with Gasteiger partial charge in [-0.25, -0.2) is 12.8 Å². The van der Waals surface area contributed by atoms with Crippen LogP contribution in [0.25, 0.3) is 0 Å². The Morgan fingerprint density at radius 3 is 2.30 bits per heavy atom. The highest BCUT2D eigenvalue weighted by atomic mass is 32.2. The number of anilines is 1. The van der Waals surface area contributed by atoms with Crippen LogP contribution in [0.2, 0.25) is 0 Å². The maximum absolute atomic E-state index is 14.7. The lowest BCUT2D eigenvalue weighted by Crippen LogP contribution is -2.38. The molecule has 1 atom stereocenters. The van der Waals surface area contributed by atoms with Gasteiger partial charge in [0, 0.05) is 13.7 Å². The monoisotopic (exact) mass is 471 g/mol. The minimum Gasteiger partial charge on any atom is -0.346 e. The highest BCUT2D eigenvalue weighted by Gasteiger charge is 2.30. The number of carbonyl (C=O) groups excluding carboxylic acids is 2. The van der Waals surface area contributed by atoms with Gasteiger partial charge in [0.15, 0.2) is 9.84 Å². The number of carbonyl (C=O) groups is 2. The lowest BCUT2D eigenvalue weighted by molar-refractivity contribution is -0.120. The zero-order valence-corrected chi connectivity index (χ0v) is 19.3. The fourth-order valence-electron chi connectivity index (χ4n) is 3.45. The van der Waals surface area contributed by atoms with Crippen LogP contribution in [0, 0.1) is 5.92 Å². The van der Waals surface area contributed by atoms with Gasteiger partial charge in [-0.1, -0.05) is 49.4 Å². The molecular formula is C25H28FN2O4S. The smallest absolute Gasteiger partial charge is 0.245 e. The van der Waals surface area contributed by atoms with Crippen molar-refractivity contribution in [3.05, 3.63) is 90.1 Å². The molecule has 1 aliphatic rings. The Kier molecular flexibility index (Phi) is 7.81. The van der Waals surface area contributed by atoms with Crippen LogP contribution in [-0.2, 0) is 25.8 Å². The summed E-state index contributed by atoms with van der Waals surface area (Å²) < 4.78 is 38.5. The van der Waals surface area contributed by atoms with E-state index in [1.165, 1.54) is 29.2 Å². The summed E-state index contributed by atoms with van der Waals surface area (Å²) >= 11 is 0. The number of hydrogen-bond acceptors (Lipinski definition) is 4. The fraction of sp³-hybridized carbons (Fsp3) is 0.240. The second kappa shape index (κ2) is 10.6. The molecule has 2 aromatic carbocycles. The van der Waals surface area contributed by atoms with E-state index in [1.807, 2.05) is 13.0 Å². The summed E-state index contributed by atoms with van der Waals surface area (Å²) in [5.41, 5.74) is 1.31. The Bertz CT molecular complexity index is 1170. The SMILES string of the molecule is CCN(C(=O)[C]1C=CC(NC(=O)Cc2ccc(S(=O)(=O)CC)cc2)C=C1F)c1ccccc1.[HH]. The van der Waals surface area contributed by atoms with Gasteiger partial charge in [-0.3, -0.25) is 9.59 Å². The zero-order chi connectivity index (χ0) is 24.0. The topological polar surface area (TPSA) is 83.6 Å². The Labute approximate surface area is 195 Å². The highest BCUT2D eigenvalue weighted by Crippen LogP contribution is 2.27. The van der Waals surface area contributed by atoms with Crippen molar-refractivity contribution in [1.29, 1.82) is 0 Å². The average Bonchev–Trinajstić information content (AvgIpc) is 2.80. The van der Waals surface area contributed by atoms with Crippen LogP contribution in [0.3, 0.4) is 0 Å². The van der Waals surface area contributed by atoms with E-state index in [4.69, 9.17) is 0 Å². The van der Waals surface area contributed by atoms with Crippen molar-refractivity contribution >= 4 is 27.3 Å². The average molecular weight is 472 g/mol. The van der Waals surface area contributed by atoms with E-state index in [9.17, 15) is 22.4 Å². The molecule has 0 heterocycles. The molecule has 175 valence electrons. The van der Waals surface area contributed by atoms with E-state index in [2.05, 4.69) is 5.32 Å². The standard InChI is InChI=1S/C25H26FN2O4S.H2/c1-3-28(20-8-6-5-7-9-20)25(30)22-15-12-19(17-23(22)26)27-24(29)16-18-10-13-21(14-11-18)33(31,32)4-2;/h5-15,17,19H,3-4,16H2,1-2H3,(H,27,29);1H. The van der Waals surface area contributed by atoms with Gasteiger partial charge in [-0.05, 0) is 42.8 Å². The van der Waals surface area contributed by atoms with Crippen LogP contribution in [0.4, 0.5) is 10.1 Å². The van der Waals surface area contributed by atoms with E-state index >= 15 is 0 Å². The number of benzene rings is 2. The van der Waals surface area contributed by atoms with E-state index in [1.54, 1.807) is 49.4 Å². The lowest BCUT2D eigenvalue weighted by Gasteiger charge is -2.26. The number of rotatable bonds is 8. The molecule has 0 fully saturated rings. The molecule has 0 saturated carbocycles. The summed E-state index contributed by atoms with van der Waals surface area (Å²) in [4.78, 5) is 26.9. The minimum absolute atomic E-state index is 0. The van der Waals surface area contributed by atoms with E-state index < -0.39 is 27.6 Å². The number of nitrogens with zero attached hydrogens (tertiary/aromatic N) is 1. The molecule has 33 heavy (non-hydrogen) atoms. The Balaban J connectivity index is 0.00000408. The van der Waals surface area contributed by atoms with Crippen LogP contribution in [-0.4, -0.2) is 38.6 Å². The van der Waals surface area contributed by atoms with Crippen molar-refractivity contribution < 1.29 is 23.8 Å². The molecule has 2 aromatic rings. The van der Waals surface area contributed by atoms with Crippen LogP contribution in [0.5, 0.6) is 0 Å². The number of sulfone groups is 1. The first-order valence-corrected chi connectivity index (χ1v) is 12.3. The van der Waals surface area contributed by atoms with E-state index in [0.717, 1.165) is 0 Å². The third-order valence-corrected chi connectivity index (χ3v) is 7.02. The summed E-state index contributed by atoms with van der Waals surface area (Å²) in [5.74, 6) is -1.58. The first-order chi connectivity index (χ1) is 15.7. The molecular weight excluding hydrogens is 443 g/mol. The summed E-state index contributed by atoms with van der Waals surface area (Å²) in [6.45, 7) is 3.76. The fourth-order valence-corrected chi connectivity index (χ4v) is 4.33. The molecule has 3 rings (SSSR count). The molecule has 0 aliphatic heterocycles. The quantitative estimate of drug-likeness (QED) is 0.635. The Morgan fingerprint density at radius 2 is 1.73 bits per heavy atom. The highest BCUT2D eigenvalue weighted by molar-refractivity contribution is 7.91. The van der Waals surface area contributed by atoms with E-state index in [0.29, 0.717) is 17.8 Å². The second-order valence-corrected chi connectivity index (χ2v) is 9.77. The molecule has 0 aromatic heterocycles. The van der Waals surface area contributed by atoms with Gasteiger partial charge in [0.05, 0.1) is 23.1 Å². The summed E-state index contributed by atoms with van der Waals surface area (Å²) in [5, 5.41) is 2.69. The zero-order valence-electron chi connectivity index (χ0n) is 18.5. The van der Waals surface area contributed by atoms with Gasteiger partial charge in [0.2, 0.25) is 11.8 Å². The third-order valence-electron chi connectivity index (χ3n) is 5.27. The van der Waals surface area contributed by atoms with Crippen molar-refractivity contribution in [2.45, 2.75) is 31.2 Å². The van der Waals surface area contributed by atoms with Crippen LogP contribution in [0.15, 0.2) is 83.5 Å². The normalized spacial score (nSPS) is 16.2. The maximum atomic E-state index is 14.7. The van der Waals surface area contributed by atoms with Crippen LogP contribution < -0.4 is 10.2 Å². The number of nitrogens with one attached hydrogen (secondary N) is 1. The predicted octanol–water partition coefficient (Wildman–Crippen LogP) is 3.80. The minimum atomic E-state index is -3.30. The van der Waals surface area contributed by atoms with Gasteiger partial charge in [0.1, 0.15) is 11.7 Å². The molecule has 0 spiro atoms. The molecule has 0 bridgehead atoms. The molecule has 2 amide bonds. The van der Waals surface area contributed by atoms with Gasteiger partial charge in [0.25, 0.3) is 0 Å². The summed E-state index contributed by atoms with van der Waals surface area (Å²) in [6, 6.07) is 14.4. The Hall–Kier alpha value is -3.26. The number of halogens is 1. The molecule has 8 heteroatoms. The van der Waals surface area contributed by atoms with Gasteiger partial charge in [-0.2, -0.15) is 0 Å². The van der Waals surface area contributed by atoms with Crippen LogP contribution >= 0.6 is 0 Å². The second-order valence-electron chi connectivity index (χ2n) is 7.49. The predicted molar refractivity (Wildman–Crippen MR) is 128 cm³/mol. The summed E-state index contributed by atoms with van der Waals surface area (Å²) in [7, 11) is -3.30. The van der Waals surface area contributed by atoms with Crippen LogP contribution in [0.1, 0.15) is 20.8 Å². The molecule has 1 radical (unpaired) electrons. The maximum Gasteiger partial charge on any atom is 0.245 e.